The number of carboxylic acid groups (broad SMARTS) is 2. The summed E-state index contributed by atoms with van der Waals surface area (Å²) in [4.78, 5) is 46.5. The van der Waals surface area contributed by atoms with Crippen molar-refractivity contribution in [2.45, 2.75) is 76.8 Å². The lowest BCUT2D eigenvalue weighted by Gasteiger charge is -2.39. The van der Waals surface area contributed by atoms with E-state index in [2.05, 4.69) is 10.6 Å². The maximum atomic E-state index is 12.1. The Morgan fingerprint density at radius 2 is 1.83 bits per heavy atom. The van der Waals surface area contributed by atoms with Crippen molar-refractivity contribution in [3.05, 3.63) is 11.6 Å². The van der Waals surface area contributed by atoms with E-state index in [1.807, 2.05) is 13.8 Å². The third-order valence-electron chi connectivity index (χ3n) is 4.76. The zero-order valence-electron chi connectivity index (χ0n) is 17.1. The molecule has 0 saturated heterocycles. The van der Waals surface area contributed by atoms with Gasteiger partial charge in [0.25, 0.3) is 0 Å². The number of nitrogens with one attached hydrogen (secondary N) is 2. The number of rotatable bonds is 11. The van der Waals surface area contributed by atoms with Crippen LogP contribution in [0.1, 0.15) is 46.5 Å². The Bertz CT molecular complexity index is 644. The molecular formula is C19H30N2O8. The van der Waals surface area contributed by atoms with E-state index in [0.717, 1.165) is 0 Å². The van der Waals surface area contributed by atoms with E-state index < -0.39 is 48.6 Å². The molecule has 10 nitrogen and oxygen atoms in total. The highest BCUT2D eigenvalue weighted by Crippen LogP contribution is 2.25. The molecule has 1 amide bonds. The Balaban J connectivity index is 3.28. The van der Waals surface area contributed by atoms with Crippen LogP contribution in [0.25, 0.3) is 0 Å². The van der Waals surface area contributed by atoms with Crippen LogP contribution in [0.4, 0.5) is 0 Å². The van der Waals surface area contributed by atoms with E-state index in [-0.39, 0.29) is 24.0 Å². The summed E-state index contributed by atoms with van der Waals surface area (Å²) in [5, 5.41) is 23.9. The SMILES string of the molecule is CCC(CC)O[C@@H]1C=C(C(=O)OC)C[C@H](NC(CC(=O)O)C(=O)O)[C@H]1NC(C)=O. The lowest BCUT2D eigenvalue weighted by Crippen LogP contribution is -2.61. The Hall–Kier alpha value is -2.46. The molecule has 0 radical (unpaired) electrons. The van der Waals surface area contributed by atoms with Crippen LogP contribution in [-0.4, -0.2) is 71.5 Å². The number of amides is 1. The maximum Gasteiger partial charge on any atom is 0.333 e. The van der Waals surface area contributed by atoms with Gasteiger partial charge in [0.2, 0.25) is 5.91 Å². The minimum absolute atomic E-state index is 0.0454. The Morgan fingerprint density at radius 1 is 1.21 bits per heavy atom. The molecule has 0 aliphatic heterocycles. The van der Waals surface area contributed by atoms with Crippen molar-refractivity contribution >= 4 is 23.8 Å². The molecule has 0 aromatic rings. The van der Waals surface area contributed by atoms with Crippen molar-refractivity contribution in [3.8, 4) is 0 Å². The van der Waals surface area contributed by atoms with Gasteiger partial charge in [0.05, 0.1) is 31.8 Å². The average Bonchev–Trinajstić information content (AvgIpc) is 2.65. The molecule has 0 spiro atoms. The number of aliphatic carboxylic acids is 2. The van der Waals surface area contributed by atoms with E-state index in [4.69, 9.17) is 14.6 Å². The number of carbonyl (C=O) groups excluding carboxylic acids is 2. The van der Waals surface area contributed by atoms with Gasteiger partial charge >= 0.3 is 17.9 Å². The summed E-state index contributed by atoms with van der Waals surface area (Å²) in [5.41, 5.74) is 0.266. The number of carbonyl (C=O) groups is 4. The van der Waals surface area contributed by atoms with E-state index in [9.17, 15) is 24.3 Å². The minimum Gasteiger partial charge on any atom is -0.481 e. The van der Waals surface area contributed by atoms with E-state index >= 15 is 0 Å². The molecule has 1 aliphatic rings. The van der Waals surface area contributed by atoms with Crippen molar-refractivity contribution in [1.82, 2.24) is 10.6 Å². The summed E-state index contributed by atoms with van der Waals surface area (Å²) in [7, 11) is 1.23. The van der Waals surface area contributed by atoms with Crippen LogP contribution in [-0.2, 0) is 28.7 Å². The van der Waals surface area contributed by atoms with Crippen LogP contribution in [0.15, 0.2) is 11.6 Å². The van der Waals surface area contributed by atoms with E-state index in [1.165, 1.54) is 14.0 Å². The molecule has 1 aliphatic carbocycles. The van der Waals surface area contributed by atoms with Gasteiger partial charge in [-0.25, -0.2) is 4.79 Å². The molecule has 0 bridgehead atoms. The first-order valence-electron chi connectivity index (χ1n) is 9.55. The molecule has 0 aromatic carbocycles. The molecule has 0 saturated carbocycles. The number of hydrogen-bond donors (Lipinski definition) is 4. The number of carboxylic acids is 2. The number of ether oxygens (including phenoxy) is 2. The fraction of sp³-hybridized carbons (Fsp3) is 0.684. The predicted molar refractivity (Wildman–Crippen MR) is 102 cm³/mol. The number of esters is 1. The first-order chi connectivity index (χ1) is 13.6. The summed E-state index contributed by atoms with van der Waals surface area (Å²) in [6.45, 7) is 5.20. The van der Waals surface area contributed by atoms with Gasteiger partial charge in [-0.1, -0.05) is 13.8 Å². The van der Waals surface area contributed by atoms with E-state index in [0.29, 0.717) is 12.8 Å². The highest BCUT2D eigenvalue weighted by atomic mass is 16.5. The molecule has 0 heterocycles. The molecule has 1 unspecified atom stereocenters. The second-order valence-electron chi connectivity index (χ2n) is 6.91. The van der Waals surface area contributed by atoms with Gasteiger partial charge in [-0.15, -0.1) is 0 Å². The van der Waals surface area contributed by atoms with Crippen LogP contribution in [0.5, 0.6) is 0 Å². The van der Waals surface area contributed by atoms with Crippen molar-refractivity contribution in [1.29, 1.82) is 0 Å². The molecule has 29 heavy (non-hydrogen) atoms. The molecule has 0 aromatic heterocycles. The second-order valence-corrected chi connectivity index (χ2v) is 6.91. The van der Waals surface area contributed by atoms with Crippen molar-refractivity contribution in [3.63, 3.8) is 0 Å². The summed E-state index contributed by atoms with van der Waals surface area (Å²) in [6, 6.07) is -2.85. The second kappa shape index (κ2) is 11.5. The van der Waals surface area contributed by atoms with Crippen molar-refractivity contribution in [2.24, 2.45) is 0 Å². The molecule has 1 rings (SSSR count). The molecular weight excluding hydrogens is 384 g/mol. The topological polar surface area (TPSA) is 151 Å². The lowest BCUT2D eigenvalue weighted by molar-refractivity contribution is -0.146. The number of hydrogen-bond acceptors (Lipinski definition) is 7. The summed E-state index contributed by atoms with van der Waals surface area (Å²) in [5.74, 6) is -3.59. The van der Waals surface area contributed by atoms with Crippen molar-refractivity contribution < 1.29 is 38.9 Å². The normalized spacial score (nSPS) is 22.5. The van der Waals surface area contributed by atoms with Gasteiger partial charge in [0.15, 0.2) is 0 Å². The predicted octanol–water partition coefficient (Wildman–Crippen LogP) is 0.454. The first kappa shape index (κ1) is 24.6. The molecule has 0 fully saturated rings. The average molecular weight is 414 g/mol. The van der Waals surface area contributed by atoms with Crippen LogP contribution < -0.4 is 10.6 Å². The molecule has 10 heteroatoms. The highest BCUT2D eigenvalue weighted by Gasteiger charge is 2.39. The third-order valence-corrected chi connectivity index (χ3v) is 4.76. The summed E-state index contributed by atoms with van der Waals surface area (Å²) >= 11 is 0. The van der Waals surface area contributed by atoms with Gasteiger partial charge in [-0.3, -0.25) is 19.7 Å². The smallest absolute Gasteiger partial charge is 0.333 e. The van der Waals surface area contributed by atoms with Gasteiger partial charge in [0.1, 0.15) is 6.04 Å². The molecule has 4 N–H and O–H groups in total. The Morgan fingerprint density at radius 3 is 2.28 bits per heavy atom. The summed E-state index contributed by atoms with van der Waals surface area (Å²) < 4.78 is 10.9. The fourth-order valence-corrected chi connectivity index (χ4v) is 3.30. The molecule has 4 atom stereocenters. The lowest BCUT2D eigenvalue weighted by atomic mass is 9.86. The van der Waals surface area contributed by atoms with Crippen LogP contribution in [0, 0.1) is 0 Å². The number of methoxy groups -OCH3 is 1. The third kappa shape index (κ3) is 7.47. The zero-order valence-corrected chi connectivity index (χ0v) is 17.1. The summed E-state index contributed by atoms with van der Waals surface area (Å²) in [6.07, 6.45) is 1.52. The minimum atomic E-state index is -1.40. The maximum absolute atomic E-state index is 12.1. The monoisotopic (exact) mass is 414 g/mol. The van der Waals surface area contributed by atoms with Crippen LogP contribution in [0.3, 0.4) is 0 Å². The largest absolute Gasteiger partial charge is 0.481 e. The van der Waals surface area contributed by atoms with Crippen LogP contribution in [0.2, 0.25) is 0 Å². The first-order valence-corrected chi connectivity index (χ1v) is 9.55. The zero-order chi connectivity index (χ0) is 22.1. The Labute approximate surface area is 169 Å². The van der Waals surface area contributed by atoms with Gasteiger partial charge in [-0.05, 0) is 25.3 Å². The van der Waals surface area contributed by atoms with Crippen molar-refractivity contribution in [2.75, 3.05) is 7.11 Å². The van der Waals surface area contributed by atoms with E-state index in [1.54, 1.807) is 6.08 Å². The molecule has 164 valence electrons. The van der Waals surface area contributed by atoms with Gasteiger partial charge < -0.3 is 25.0 Å². The highest BCUT2D eigenvalue weighted by molar-refractivity contribution is 5.89. The Kier molecular flexibility index (Phi) is 9.76. The van der Waals surface area contributed by atoms with Gasteiger partial charge in [0, 0.05) is 18.5 Å². The quantitative estimate of drug-likeness (QED) is 0.353. The van der Waals surface area contributed by atoms with Crippen LogP contribution >= 0.6 is 0 Å². The fourth-order valence-electron chi connectivity index (χ4n) is 3.30. The standard InChI is InChI=1S/C19H30N2O8/c1-5-12(6-2)29-15-8-11(19(27)28-4)7-13(17(15)20-10(3)22)21-14(18(25)26)9-16(23)24/h8,12-15,17,21H,5-7,9H2,1-4H3,(H,20,22)(H,23,24)(H,25,26)/t13-,14?,15+,17+/m0/s1. The van der Waals surface area contributed by atoms with Gasteiger partial charge in [-0.2, -0.15) is 0 Å².